The normalized spacial score (nSPS) is 14.8. The Morgan fingerprint density at radius 1 is 0.632 bits per heavy atom. The van der Waals surface area contributed by atoms with E-state index >= 15 is 0 Å². The zero-order valence-electron chi connectivity index (χ0n) is 15.2. The lowest BCUT2D eigenvalue weighted by Crippen LogP contribution is -2.47. The molecule has 0 aliphatic rings. The highest BCUT2D eigenvalue weighted by Crippen LogP contribution is 2.43. The third-order valence-corrected chi connectivity index (χ3v) is 9.02. The summed E-state index contributed by atoms with van der Waals surface area (Å²) < 4.78 is 6.50. The Labute approximate surface area is 123 Å². The summed E-state index contributed by atoms with van der Waals surface area (Å²) in [7, 11) is -1.70. The van der Waals surface area contributed by atoms with Gasteiger partial charge < -0.3 is 4.43 Å². The van der Waals surface area contributed by atoms with Crippen LogP contribution >= 0.6 is 0 Å². The van der Waals surface area contributed by atoms with Crippen LogP contribution in [0.1, 0.15) is 69.2 Å². The van der Waals surface area contributed by atoms with Gasteiger partial charge >= 0.3 is 0 Å². The Morgan fingerprint density at radius 3 is 1.05 bits per heavy atom. The predicted molar refractivity (Wildman–Crippen MR) is 90.2 cm³/mol. The SMILES string of the molecule is CCO[Si](CC(C)(C)C)(CC(C)(C)C)CC(C)(C)C. The molecular weight excluding hydrogens is 248 g/mol. The Hall–Kier alpha value is 0.177. The van der Waals surface area contributed by atoms with Crippen LogP contribution in [0.3, 0.4) is 0 Å². The Bertz CT molecular complexity index is 222. The van der Waals surface area contributed by atoms with Crippen LogP contribution < -0.4 is 0 Å². The van der Waals surface area contributed by atoms with E-state index < -0.39 is 8.32 Å². The lowest BCUT2D eigenvalue weighted by atomic mass is 9.99. The van der Waals surface area contributed by atoms with Gasteiger partial charge in [0, 0.05) is 6.61 Å². The molecule has 0 aromatic carbocycles. The zero-order chi connectivity index (χ0) is 15.5. The standard InChI is InChI=1S/C17H38OSi/c1-11-18-19(12-15(2,3)4,13-16(5,6)7)14-17(8,9)10/h11-14H2,1-10H3. The minimum atomic E-state index is -1.70. The maximum Gasteiger partial charge on any atom is 0.194 e. The number of hydrogen-bond acceptors (Lipinski definition) is 1. The number of hydrogen-bond donors (Lipinski definition) is 0. The first-order chi connectivity index (χ1) is 8.18. The molecule has 0 rings (SSSR count). The Balaban J connectivity index is 5.34. The van der Waals surface area contributed by atoms with Crippen molar-refractivity contribution in [1.29, 1.82) is 0 Å². The molecule has 0 aliphatic carbocycles. The van der Waals surface area contributed by atoms with E-state index in [1.54, 1.807) is 0 Å². The topological polar surface area (TPSA) is 9.23 Å². The van der Waals surface area contributed by atoms with Gasteiger partial charge in [-0.1, -0.05) is 62.3 Å². The molecule has 0 saturated carbocycles. The quantitative estimate of drug-likeness (QED) is 0.554. The fourth-order valence-corrected chi connectivity index (χ4v) is 10.6. The largest absolute Gasteiger partial charge is 0.417 e. The average Bonchev–Trinajstić information content (AvgIpc) is 1.90. The maximum absolute atomic E-state index is 6.50. The molecule has 0 bridgehead atoms. The van der Waals surface area contributed by atoms with Crippen LogP contribution in [0.15, 0.2) is 0 Å². The van der Waals surface area contributed by atoms with Crippen molar-refractivity contribution in [2.45, 2.75) is 87.4 Å². The van der Waals surface area contributed by atoms with Crippen LogP contribution in [-0.2, 0) is 4.43 Å². The van der Waals surface area contributed by atoms with Gasteiger partial charge in [0.2, 0.25) is 0 Å². The van der Waals surface area contributed by atoms with Gasteiger partial charge in [-0.25, -0.2) is 0 Å². The molecule has 0 radical (unpaired) electrons. The zero-order valence-corrected chi connectivity index (χ0v) is 16.2. The monoisotopic (exact) mass is 286 g/mol. The third kappa shape index (κ3) is 9.67. The van der Waals surface area contributed by atoms with Gasteiger partial charge in [0.05, 0.1) is 0 Å². The number of rotatable bonds is 5. The molecule has 2 heteroatoms. The molecule has 0 saturated heterocycles. The second-order valence-corrected chi connectivity index (χ2v) is 13.5. The summed E-state index contributed by atoms with van der Waals surface area (Å²) in [4.78, 5) is 0. The van der Waals surface area contributed by atoms with Gasteiger partial charge in [-0.05, 0) is 41.3 Å². The van der Waals surface area contributed by atoms with Crippen LogP contribution in [0.5, 0.6) is 0 Å². The molecule has 0 atom stereocenters. The second-order valence-electron chi connectivity index (χ2n) is 9.83. The summed E-state index contributed by atoms with van der Waals surface area (Å²) in [5.41, 5.74) is 1.08. The van der Waals surface area contributed by atoms with Gasteiger partial charge in [-0.3, -0.25) is 0 Å². The van der Waals surface area contributed by atoms with Gasteiger partial charge in [0.25, 0.3) is 0 Å². The fraction of sp³-hybridized carbons (Fsp3) is 1.00. The van der Waals surface area contributed by atoms with E-state index in [9.17, 15) is 0 Å². The molecule has 0 unspecified atom stereocenters. The van der Waals surface area contributed by atoms with Crippen LogP contribution in [0.25, 0.3) is 0 Å². The van der Waals surface area contributed by atoms with E-state index in [2.05, 4.69) is 69.2 Å². The van der Waals surface area contributed by atoms with Crippen LogP contribution in [-0.4, -0.2) is 14.9 Å². The molecule has 116 valence electrons. The predicted octanol–water partition coefficient (Wildman–Crippen LogP) is 6.11. The smallest absolute Gasteiger partial charge is 0.194 e. The first-order valence-electron chi connectivity index (χ1n) is 7.82. The van der Waals surface area contributed by atoms with E-state index in [0.717, 1.165) is 6.61 Å². The molecule has 0 aliphatic heterocycles. The van der Waals surface area contributed by atoms with Gasteiger partial charge in [-0.15, -0.1) is 0 Å². The molecular formula is C17H38OSi. The van der Waals surface area contributed by atoms with E-state index in [4.69, 9.17) is 4.43 Å². The first-order valence-corrected chi connectivity index (χ1v) is 10.4. The fourth-order valence-electron chi connectivity index (χ4n) is 3.55. The summed E-state index contributed by atoms with van der Waals surface area (Å²) in [6, 6.07) is 3.80. The summed E-state index contributed by atoms with van der Waals surface area (Å²) in [6.07, 6.45) is 0. The van der Waals surface area contributed by atoms with Crippen molar-refractivity contribution in [2.24, 2.45) is 16.2 Å². The van der Waals surface area contributed by atoms with Crippen molar-refractivity contribution in [3.8, 4) is 0 Å². The lowest BCUT2D eigenvalue weighted by molar-refractivity contribution is 0.267. The minimum Gasteiger partial charge on any atom is -0.417 e. The highest BCUT2D eigenvalue weighted by Gasteiger charge is 2.44. The minimum absolute atomic E-state index is 0.359. The molecule has 0 spiro atoms. The third-order valence-electron chi connectivity index (χ3n) is 3.01. The van der Waals surface area contributed by atoms with Gasteiger partial charge in [0.1, 0.15) is 0 Å². The Kier molecular flexibility index (Phi) is 6.36. The molecule has 19 heavy (non-hydrogen) atoms. The molecule has 0 fully saturated rings. The van der Waals surface area contributed by atoms with E-state index in [1.807, 2.05) is 0 Å². The van der Waals surface area contributed by atoms with E-state index in [1.165, 1.54) is 18.1 Å². The van der Waals surface area contributed by atoms with Gasteiger partial charge in [-0.2, -0.15) is 0 Å². The highest BCUT2D eigenvalue weighted by molar-refractivity contribution is 6.74. The van der Waals surface area contributed by atoms with Crippen molar-refractivity contribution < 1.29 is 4.43 Å². The van der Waals surface area contributed by atoms with Gasteiger partial charge in [0.15, 0.2) is 8.32 Å². The van der Waals surface area contributed by atoms with Crippen molar-refractivity contribution in [3.63, 3.8) is 0 Å². The van der Waals surface area contributed by atoms with Crippen molar-refractivity contribution in [2.75, 3.05) is 6.61 Å². The first kappa shape index (κ1) is 19.2. The summed E-state index contributed by atoms with van der Waals surface area (Å²) >= 11 is 0. The highest BCUT2D eigenvalue weighted by atomic mass is 28.4. The molecule has 0 N–H and O–H groups in total. The van der Waals surface area contributed by atoms with Crippen LogP contribution in [0.4, 0.5) is 0 Å². The van der Waals surface area contributed by atoms with Crippen molar-refractivity contribution in [3.05, 3.63) is 0 Å². The summed E-state index contributed by atoms with van der Waals surface area (Å²) in [6.45, 7) is 24.3. The molecule has 1 nitrogen and oxygen atoms in total. The average molecular weight is 287 g/mol. The van der Waals surface area contributed by atoms with Crippen molar-refractivity contribution >= 4 is 8.32 Å². The van der Waals surface area contributed by atoms with Crippen LogP contribution in [0.2, 0.25) is 18.1 Å². The molecule has 0 aromatic rings. The molecule has 0 amide bonds. The second kappa shape index (κ2) is 6.30. The van der Waals surface area contributed by atoms with Crippen LogP contribution in [0, 0.1) is 16.2 Å². The van der Waals surface area contributed by atoms with E-state index in [-0.39, 0.29) is 0 Å². The molecule has 0 heterocycles. The van der Waals surface area contributed by atoms with E-state index in [0.29, 0.717) is 16.2 Å². The summed E-state index contributed by atoms with van der Waals surface area (Å²) in [5, 5.41) is 0. The molecule has 0 aromatic heterocycles. The van der Waals surface area contributed by atoms with Crippen molar-refractivity contribution in [1.82, 2.24) is 0 Å². The summed E-state index contributed by atoms with van der Waals surface area (Å²) in [5.74, 6) is 0. The Morgan fingerprint density at radius 2 is 0.895 bits per heavy atom. The maximum atomic E-state index is 6.50. The lowest BCUT2D eigenvalue weighted by Gasteiger charge is -2.43.